The number of halogens is 2. The third-order valence-electron chi connectivity index (χ3n) is 4.96. The van der Waals surface area contributed by atoms with E-state index in [0.29, 0.717) is 16.1 Å². The zero-order chi connectivity index (χ0) is 15.3. The van der Waals surface area contributed by atoms with Crippen molar-refractivity contribution in [2.75, 3.05) is 18.5 Å². The second-order valence-electron chi connectivity index (χ2n) is 6.03. The van der Waals surface area contributed by atoms with Crippen LogP contribution in [0.1, 0.15) is 35.2 Å². The van der Waals surface area contributed by atoms with Crippen molar-refractivity contribution in [3.63, 3.8) is 0 Å². The summed E-state index contributed by atoms with van der Waals surface area (Å²) in [6, 6.07) is 13.3. The van der Waals surface area contributed by atoms with Gasteiger partial charge in [0.1, 0.15) is 0 Å². The number of para-hydroxylation sites is 1. The lowest BCUT2D eigenvalue weighted by atomic mass is 9.87. The number of hydrogen-bond donors (Lipinski definition) is 1. The molecule has 2 aliphatic heterocycles. The summed E-state index contributed by atoms with van der Waals surface area (Å²) in [5, 5.41) is 4.80. The van der Waals surface area contributed by atoms with E-state index in [0.717, 1.165) is 24.9 Å². The van der Waals surface area contributed by atoms with Crippen LogP contribution in [0.4, 0.5) is 5.69 Å². The van der Waals surface area contributed by atoms with Crippen molar-refractivity contribution in [1.29, 1.82) is 0 Å². The molecule has 0 bridgehead atoms. The summed E-state index contributed by atoms with van der Waals surface area (Å²) in [6.07, 6.45) is 2.11. The zero-order valence-electron chi connectivity index (χ0n) is 12.4. The molecule has 1 N–H and O–H groups in total. The fourth-order valence-corrected chi connectivity index (χ4v) is 4.37. The Morgan fingerprint density at radius 2 is 1.86 bits per heavy atom. The van der Waals surface area contributed by atoms with Crippen LogP contribution in [-0.2, 0) is 6.42 Å². The lowest BCUT2D eigenvalue weighted by molar-refractivity contribution is 0.448. The van der Waals surface area contributed by atoms with E-state index in [4.69, 9.17) is 23.2 Å². The molecular weight excluding hydrogens is 315 g/mol. The maximum Gasteiger partial charge on any atom is 0.0645 e. The van der Waals surface area contributed by atoms with Crippen LogP contribution in [-0.4, -0.2) is 13.6 Å². The van der Waals surface area contributed by atoms with Gasteiger partial charge in [-0.25, -0.2) is 0 Å². The smallest absolute Gasteiger partial charge is 0.0645 e. The molecule has 4 rings (SSSR count). The van der Waals surface area contributed by atoms with E-state index in [1.807, 2.05) is 19.2 Å². The van der Waals surface area contributed by atoms with Gasteiger partial charge in [0, 0.05) is 18.3 Å². The predicted octanol–water partition coefficient (Wildman–Crippen LogP) is 4.76. The SMILES string of the molecule is CNC1CC(c2cccc(Cl)c2Cl)N2CCc3cccc1c32. The van der Waals surface area contributed by atoms with Gasteiger partial charge in [-0.05, 0) is 42.6 Å². The Morgan fingerprint density at radius 3 is 2.68 bits per heavy atom. The topological polar surface area (TPSA) is 15.3 Å². The monoisotopic (exact) mass is 332 g/mol. The predicted molar refractivity (Wildman–Crippen MR) is 93.1 cm³/mol. The molecule has 2 atom stereocenters. The molecular formula is C18H18Cl2N2. The summed E-state index contributed by atoms with van der Waals surface area (Å²) in [5.74, 6) is 0. The third kappa shape index (κ3) is 2.05. The van der Waals surface area contributed by atoms with Crippen molar-refractivity contribution in [2.45, 2.75) is 24.9 Å². The molecule has 2 aliphatic rings. The maximum absolute atomic E-state index is 6.50. The third-order valence-corrected chi connectivity index (χ3v) is 5.79. The summed E-state index contributed by atoms with van der Waals surface area (Å²) in [6.45, 7) is 1.05. The average Bonchev–Trinajstić information content (AvgIpc) is 2.97. The standard InChI is InChI=1S/C18H18Cl2N2/c1-21-15-10-16(13-6-3-7-14(19)17(13)20)22-9-8-11-4-2-5-12(15)18(11)22/h2-7,15-16,21H,8-10H2,1H3. The van der Waals surface area contributed by atoms with Crippen LogP contribution < -0.4 is 10.2 Å². The van der Waals surface area contributed by atoms with Crippen LogP contribution >= 0.6 is 23.2 Å². The van der Waals surface area contributed by atoms with Gasteiger partial charge in [0.15, 0.2) is 0 Å². The van der Waals surface area contributed by atoms with Gasteiger partial charge in [0.2, 0.25) is 0 Å². The summed E-state index contributed by atoms with van der Waals surface area (Å²) >= 11 is 12.7. The Hall–Kier alpha value is -1.22. The molecule has 0 spiro atoms. The fraction of sp³-hybridized carbons (Fsp3) is 0.333. The summed E-state index contributed by atoms with van der Waals surface area (Å²) in [4.78, 5) is 2.51. The van der Waals surface area contributed by atoms with Crippen molar-refractivity contribution in [2.24, 2.45) is 0 Å². The second-order valence-corrected chi connectivity index (χ2v) is 6.82. The van der Waals surface area contributed by atoms with E-state index in [-0.39, 0.29) is 6.04 Å². The van der Waals surface area contributed by atoms with Crippen molar-refractivity contribution in [3.8, 4) is 0 Å². The van der Waals surface area contributed by atoms with Gasteiger partial charge in [0.05, 0.1) is 16.1 Å². The highest BCUT2D eigenvalue weighted by molar-refractivity contribution is 6.42. The van der Waals surface area contributed by atoms with E-state index in [1.54, 1.807) is 0 Å². The molecule has 2 aromatic carbocycles. The van der Waals surface area contributed by atoms with Crippen LogP contribution in [0.15, 0.2) is 36.4 Å². The van der Waals surface area contributed by atoms with Gasteiger partial charge in [-0.3, -0.25) is 0 Å². The number of benzene rings is 2. The van der Waals surface area contributed by atoms with Gasteiger partial charge in [-0.1, -0.05) is 53.5 Å². The molecule has 114 valence electrons. The Bertz CT molecular complexity index is 729. The van der Waals surface area contributed by atoms with E-state index in [9.17, 15) is 0 Å². The average molecular weight is 333 g/mol. The summed E-state index contributed by atoms with van der Waals surface area (Å²) in [5.41, 5.74) is 5.39. The first-order valence-corrected chi connectivity index (χ1v) is 8.46. The second kappa shape index (κ2) is 5.45. The highest BCUT2D eigenvalue weighted by Crippen LogP contribution is 2.49. The highest BCUT2D eigenvalue weighted by atomic mass is 35.5. The van der Waals surface area contributed by atoms with Gasteiger partial charge >= 0.3 is 0 Å². The normalized spacial score (nSPS) is 22.8. The van der Waals surface area contributed by atoms with Crippen molar-refractivity contribution in [1.82, 2.24) is 5.32 Å². The number of nitrogens with one attached hydrogen (secondary N) is 1. The minimum Gasteiger partial charge on any atom is -0.364 e. The fourth-order valence-electron chi connectivity index (χ4n) is 3.93. The van der Waals surface area contributed by atoms with Gasteiger partial charge in [-0.2, -0.15) is 0 Å². The lowest BCUT2D eigenvalue weighted by Gasteiger charge is -2.40. The van der Waals surface area contributed by atoms with Crippen molar-refractivity contribution in [3.05, 3.63) is 63.1 Å². The number of rotatable bonds is 2. The molecule has 0 radical (unpaired) electrons. The molecule has 0 saturated carbocycles. The van der Waals surface area contributed by atoms with Crippen molar-refractivity contribution >= 4 is 28.9 Å². The van der Waals surface area contributed by atoms with Gasteiger partial charge in [-0.15, -0.1) is 0 Å². The van der Waals surface area contributed by atoms with Crippen LogP contribution in [0.2, 0.25) is 10.0 Å². The van der Waals surface area contributed by atoms with Crippen LogP contribution in [0.5, 0.6) is 0 Å². The van der Waals surface area contributed by atoms with E-state index >= 15 is 0 Å². The first-order valence-electron chi connectivity index (χ1n) is 7.70. The van der Waals surface area contributed by atoms with E-state index in [2.05, 4.69) is 34.5 Å². The zero-order valence-corrected chi connectivity index (χ0v) is 14.0. The molecule has 0 fully saturated rings. The number of hydrogen-bond acceptors (Lipinski definition) is 2. The lowest BCUT2D eigenvalue weighted by Crippen LogP contribution is -2.36. The van der Waals surface area contributed by atoms with Crippen molar-refractivity contribution < 1.29 is 0 Å². The molecule has 0 aromatic heterocycles. The van der Waals surface area contributed by atoms with Crippen LogP contribution in [0.3, 0.4) is 0 Å². The molecule has 2 aromatic rings. The summed E-state index contributed by atoms with van der Waals surface area (Å²) in [7, 11) is 2.03. The first kappa shape index (κ1) is 14.4. The number of anilines is 1. The van der Waals surface area contributed by atoms with E-state index in [1.165, 1.54) is 16.8 Å². The summed E-state index contributed by atoms with van der Waals surface area (Å²) < 4.78 is 0. The van der Waals surface area contributed by atoms with Gasteiger partial charge < -0.3 is 10.2 Å². The molecule has 2 unspecified atom stereocenters. The molecule has 0 amide bonds. The number of nitrogens with zero attached hydrogens (tertiary/aromatic N) is 1. The minimum atomic E-state index is 0.278. The van der Waals surface area contributed by atoms with E-state index < -0.39 is 0 Å². The maximum atomic E-state index is 6.50. The first-order chi connectivity index (χ1) is 10.7. The molecule has 0 aliphatic carbocycles. The van der Waals surface area contributed by atoms with Crippen LogP contribution in [0, 0.1) is 0 Å². The molecule has 22 heavy (non-hydrogen) atoms. The Balaban J connectivity index is 1.86. The molecule has 4 heteroatoms. The Kier molecular flexibility index (Phi) is 3.56. The highest BCUT2D eigenvalue weighted by Gasteiger charge is 2.37. The Morgan fingerprint density at radius 1 is 1.09 bits per heavy atom. The largest absolute Gasteiger partial charge is 0.364 e. The van der Waals surface area contributed by atoms with Gasteiger partial charge in [0.25, 0.3) is 0 Å². The minimum absolute atomic E-state index is 0.278. The quantitative estimate of drug-likeness (QED) is 0.852. The molecule has 0 saturated heterocycles. The Labute approximate surface area is 141 Å². The molecule has 2 heterocycles. The van der Waals surface area contributed by atoms with Crippen LogP contribution in [0.25, 0.3) is 0 Å². The molecule has 2 nitrogen and oxygen atoms in total.